The van der Waals surface area contributed by atoms with Crippen LogP contribution in [-0.2, 0) is 9.59 Å². The predicted octanol–water partition coefficient (Wildman–Crippen LogP) is 4.70. The minimum atomic E-state index is -0.347. The van der Waals surface area contributed by atoms with Crippen LogP contribution in [0.1, 0.15) is 5.56 Å². The summed E-state index contributed by atoms with van der Waals surface area (Å²) in [6.45, 7) is 0. The van der Waals surface area contributed by atoms with E-state index < -0.39 is 0 Å². The number of nitrogens with one attached hydrogen (secondary N) is 2. The first-order valence-electron chi connectivity index (χ1n) is 9.19. The van der Waals surface area contributed by atoms with Crippen LogP contribution in [0.3, 0.4) is 0 Å². The standard InChI is InChI=1S/C21H19BrN4O4S2/c1-29-16-9-3-13(11-17(16)30-2)4-10-18(27)24-20-25-26-21(32-20)31-12-19(28)23-15-7-5-14(22)6-8-15/h3-11H,12H2,1-2H3,(H,23,28)(H,24,25,27)/b10-4+. The van der Waals surface area contributed by atoms with E-state index in [9.17, 15) is 9.59 Å². The van der Waals surface area contributed by atoms with E-state index in [1.165, 1.54) is 29.2 Å². The molecule has 2 aromatic carbocycles. The summed E-state index contributed by atoms with van der Waals surface area (Å²) in [5.41, 5.74) is 1.49. The summed E-state index contributed by atoms with van der Waals surface area (Å²) in [5.74, 6) is 0.859. The molecule has 0 bridgehead atoms. The average molecular weight is 535 g/mol. The van der Waals surface area contributed by atoms with Gasteiger partial charge in [-0.2, -0.15) is 0 Å². The first-order chi connectivity index (χ1) is 15.5. The van der Waals surface area contributed by atoms with E-state index in [0.29, 0.717) is 26.7 Å². The summed E-state index contributed by atoms with van der Waals surface area (Å²) in [6, 6.07) is 12.6. The number of hydrogen-bond donors (Lipinski definition) is 2. The Morgan fingerprint density at radius 1 is 1.06 bits per heavy atom. The lowest BCUT2D eigenvalue weighted by atomic mass is 10.2. The van der Waals surface area contributed by atoms with Gasteiger partial charge >= 0.3 is 0 Å². The summed E-state index contributed by atoms with van der Waals surface area (Å²) in [5, 5.41) is 13.8. The average Bonchev–Trinajstić information content (AvgIpc) is 3.24. The molecule has 1 heterocycles. The van der Waals surface area contributed by atoms with Crippen LogP contribution in [0.5, 0.6) is 11.5 Å². The third kappa shape index (κ3) is 7.08. The Kier molecular flexibility index (Phi) is 8.65. The fraction of sp³-hybridized carbons (Fsp3) is 0.143. The highest BCUT2D eigenvalue weighted by molar-refractivity contribution is 9.10. The van der Waals surface area contributed by atoms with E-state index in [1.807, 2.05) is 18.2 Å². The molecule has 2 N–H and O–H groups in total. The molecule has 2 amide bonds. The number of halogens is 1. The SMILES string of the molecule is COc1ccc(/C=C/C(=O)Nc2nnc(SCC(=O)Nc3ccc(Br)cc3)s2)cc1OC. The molecule has 0 saturated carbocycles. The molecule has 166 valence electrons. The lowest BCUT2D eigenvalue weighted by molar-refractivity contribution is -0.114. The van der Waals surface area contributed by atoms with Crippen molar-refractivity contribution in [3.05, 3.63) is 58.6 Å². The van der Waals surface area contributed by atoms with Crippen molar-refractivity contribution >= 4 is 67.7 Å². The van der Waals surface area contributed by atoms with Crippen molar-refractivity contribution in [1.82, 2.24) is 10.2 Å². The van der Waals surface area contributed by atoms with E-state index >= 15 is 0 Å². The summed E-state index contributed by atoms with van der Waals surface area (Å²) in [7, 11) is 3.11. The zero-order chi connectivity index (χ0) is 22.9. The first-order valence-corrected chi connectivity index (χ1v) is 11.8. The quantitative estimate of drug-likeness (QED) is 0.233. The zero-order valence-electron chi connectivity index (χ0n) is 17.1. The number of amides is 2. The number of anilines is 2. The Labute approximate surface area is 201 Å². The topological polar surface area (TPSA) is 102 Å². The largest absolute Gasteiger partial charge is 0.493 e. The smallest absolute Gasteiger partial charge is 0.250 e. The lowest BCUT2D eigenvalue weighted by Crippen LogP contribution is -2.13. The van der Waals surface area contributed by atoms with E-state index in [0.717, 1.165) is 10.0 Å². The van der Waals surface area contributed by atoms with Gasteiger partial charge < -0.3 is 14.8 Å². The predicted molar refractivity (Wildman–Crippen MR) is 131 cm³/mol. The molecular formula is C21H19BrN4O4S2. The zero-order valence-corrected chi connectivity index (χ0v) is 20.3. The van der Waals surface area contributed by atoms with Gasteiger partial charge in [0.15, 0.2) is 15.8 Å². The second kappa shape index (κ2) is 11.7. The van der Waals surface area contributed by atoms with Gasteiger partial charge in [-0.3, -0.25) is 14.9 Å². The molecule has 11 heteroatoms. The lowest BCUT2D eigenvalue weighted by Gasteiger charge is -2.07. The van der Waals surface area contributed by atoms with Crippen molar-refractivity contribution in [3.8, 4) is 11.5 Å². The van der Waals surface area contributed by atoms with Crippen LogP contribution in [0.25, 0.3) is 6.08 Å². The molecular weight excluding hydrogens is 516 g/mol. The van der Waals surface area contributed by atoms with Gasteiger partial charge in [0.1, 0.15) is 0 Å². The van der Waals surface area contributed by atoms with Gasteiger partial charge in [-0.25, -0.2) is 0 Å². The summed E-state index contributed by atoms with van der Waals surface area (Å²) in [6.07, 6.45) is 3.04. The molecule has 0 saturated heterocycles. The van der Waals surface area contributed by atoms with E-state index in [2.05, 4.69) is 36.8 Å². The number of methoxy groups -OCH3 is 2. The molecule has 3 rings (SSSR count). The molecule has 0 aliphatic heterocycles. The minimum Gasteiger partial charge on any atom is -0.493 e. The Hall–Kier alpha value is -2.89. The molecule has 32 heavy (non-hydrogen) atoms. The third-order valence-corrected chi connectivity index (χ3v) is 6.43. The van der Waals surface area contributed by atoms with Gasteiger partial charge in [-0.15, -0.1) is 10.2 Å². The van der Waals surface area contributed by atoms with Crippen LogP contribution in [0, 0.1) is 0 Å². The van der Waals surface area contributed by atoms with E-state index in [-0.39, 0.29) is 17.6 Å². The van der Waals surface area contributed by atoms with Crippen LogP contribution in [0.2, 0.25) is 0 Å². The fourth-order valence-corrected chi connectivity index (χ4v) is 4.27. The molecule has 0 spiro atoms. The van der Waals surface area contributed by atoms with Gasteiger partial charge in [0.25, 0.3) is 0 Å². The third-order valence-electron chi connectivity index (χ3n) is 3.93. The molecule has 0 aliphatic rings. The Morgan fingerprint density at radius 2 is 1.81 bits per heavy atom. The number of carbonyl (C=O) groups is 2. The van der Waals surface area contributed by atoms with Gasteiger partial charge in [0.2, 0.25) is 16.9 Å². The molecule has 1 aromatic heterocycles. The van der Waals surface area contributed by atoms with Crippen LogP contribution in [0.15, 0.2) is 57.4 Å². The Morgan fingerprint density at radius 3 is 2.53 bits per heavy atom. The maximum absolute atomic E-state index is 12.2. The van der Waals surface area contributed by atoms with Crippen LogP contribution < -0.4 is 20.1 Å². The number of thioether (sulfide) groups is 1. The minimum absolute atomic E-state index is 0.157. The molecule has 0 unspecified atom stereocenters. The highest BCUT2D eigenvalue weighted by Gasteiger charge is 2.10. The van der Waals surface area contributed by atoms with Crippen LogP contribution in [0.4, 0.5) is 10.8 Å². The Balaban J connectivity index is 1.49. The van der Waals surface area contributed by atoms with Gasteiger partial charge in [-0.05, 0) is 48.0 Å². The maximum Gasteiger partial charge on any atom is 0.250 e. The summed E-state index contributed by atoms with van der Waals surface area (Å²) >= 11 is 5.79. The number of benzene rings is 2. The van der Waals surface area contributed by atoms with Gasteiger partial charge in [0, 0.05) is 16.2 Å². The molecule has 8 nitrogen and oxygen atoms in total. The number of carbonyl (C=O) groups excluding carboxylic acids is 2. The highest BCUT2D eigenvalue weighted by atomic mass is 79.9. The van der Waals surface area contributed by atoms with Crippen molar-refractivity contribution in [2.45, 2.75) is 4.34 Å². The van der Waals surface area contributed by atoms with Crippen molar-refractivity contribution < 1.29 is 19.1 Å². The molecule has 3 aromatic rings. The molecule has 0 aliphatic carbocycles. The van der Waals surface area contributed by atoms with Crippen molar-refractivity contribution in [3.63, 3.8) is 0 Å². The number of rotatable bonds is 9. The number of hydrogen-bond acceptors (Lipinski definition) is 8. The number of nitrogens with zero attached hydrogens (tertiary/aromatic N) is 2. The molecule has 0 atom stereocenters. The van der Waals surface area contributed by atoms with Crippen LogP contribution in [-0.4, -0.2) is 42.0 Å². The summed E-state index contributed by atoms with van der Waals surface area (Å²) < 4.78 is 12.0. The number of ether oxygens (including phenoxy) is 2. The van der Waals surface area contributed by atoms with E-state index in [1.54, 1.807) is 44.6 Å². The molecule has 0 fully saturated rings. The molecule has 0 radical (unpaired) electrons. The van der Waals surface area contributed by atoms with Gasteiger partial charge in [0.05, 0.1) is 20.0 Å². The van der Waals surface area contributed by atoms with E-state index in [4.69, 9.17) is 9.47 Å². The van der Waals surface area contributed by atoms with Crippen molar-refractivity contribution in [2.24, 2.45) is 0 Å². The Bertz CT molecular complexity index is 1120. The highest BCUT2D eigenvalue weighted by Crippen LogP contribution is 2.28. The second-order valence-electron chi connectivity index (χ2n) is 6.15. The normalized spacial score (nSPS) is 10.7. The first kappa shape index (κ1) is 23.8. The summed E-state index contributed by atoms with van der Waals surface area (Å²) in [4.78, 5) is 24.3. The maximum atomic E-state index is 12.2. The van der Waals surface area contributed by atoms with Crippen molar-refractivity contribution in [2.75, 3.05) is 30.6 Å². The number of aromatic nitrogens is 2. The van der Waals surface area contributed by atoms with Crippen molar-refractivity contribution in [1.29, 1.82) is 0 Å². The van der Waals surface area contributed by atoms with Crippen LogP contribution >= 0.6 is 39.0 Å². The monoisotopic (exact) mass is 534 g/mol. The van der Waals surface area contributed by atoms with Gasteiger partial charge in [-0.1, -0.05) is 45.1 Å². The second-order valence-corrected chi connectivity index (χ2v) is 9.27. The fourth-order valence-electron chi connectivity index (χ4n) is 2.45.